The molecule has 3 aliphatic rings. The highest BCUT2D eigenvalue weighted by Crippen LogP contribution is 2.47. The van der Waals surface area contributed by atoms with Crippen molar-refractivity contribution in [2.75, 3.05) is 26.2 Å². The molecule has 0 amide bonds. The van der Waals surface area contributed by atoms with E-state index < -0.39 is 0 Å². The Hall–Kier alpha value is -0.660. The zero-order valence-electron chi connectivity index (χ0n) is 13.5. The Morgan fingerprint density at radius 1 is 1.10 bits per heavy atom. The largest absolute Gasteiger partial charge is 0.372 e. The Balaban J connectivity index is 1.47. The van der Waals surface area contributed by atoms with Gasteiger partial charge in [-0.3, -0.25) is 0 Å². The zero-order chi connectivity index (χ0) is 14.0. The molecule has 0 unspecified atom stereocenters. The van der Waals surface area contributed by atoms with E-state index in [1.54, 1.807) is 5.70 Å². The van der Waals surface area contributed by atoms with Crippen LogP contribution < -0.4 is 0 Å². The zero-order valence-corrected chi connectivity index (χ0v) is 13.5. The fourth-order valence-corrected chi connectivity index (χ4v) is 4.53. The first-order valence-corrected chi connectivity index (χ1v) is 8.94. The Labute approximate surface area is 125 Å². The van der Waals surface area contributed by atoms with Crippen molar-refractivity contribution in [2.45, 2.75) is 65.2 Å². The van der Waals surface area contributed by atoms with Crippen LogP contribution in [0.3, 0.4) is 0 Å². The third-order valence-electron chi connectivity index (χ3n) is 6.20. The fraction of sp³-hybridized carbons (Fsp3) is 0.889. The van der Waals surface area contributed by atoms with Gasteiger partial charge in [-0.05, 0) is 56.8 Å². The topological polar surface area (TPSA) is 6.48 Å². The summed E-state index contributed by atoms with van der Waals surface area (Å²) in [5.74, 6) is 1.05. The van der Waals surface area contributed by atoms with Gasteiger partial charge in [-0.2, -0.15) is 0 Å². The van der Waals surface area contributed by atoms with Gasteiger partial charge >= 0.3 is 0 Å². The molecule has 0 N–H and O–H groups in total. The Kier molecular flexibility index (Phi) is 4.28. The molecule has 2 nitrogen and oxygen atoms in total. The van der Waals surface area contributed by atoms with Gasteiger partial charge in [-0.15, -0.1) is 0 Å². The number of hydrogen-bond donors (Lipinski definition) is 0. The molecule has 1 spiro atoms. The van der Waals surface area contributed by atoms with Crippen LogP contribution in [-0.2, 0) is 0 Å². The quantitative estimate of drug-likeness (QED) is 0.758. The average molecular weight is 276 g/mol. The van der Waals surface area contributed by atoms with Crippen LogP contribution in [-0.4, -0.2) is 36.0 Å². The molecule has 0 atom stereocenters. The predicted octanol–water partition coefficient (Wildman–Crippen LogP) is 4.24. The highest BCUT2D eigenvalue weighted by molar-refractivity contribution is 5.14. The fourth-order valence-electron chi connectivity index (χ4n) is 4.53. The third kappa shape index (κ3) is 2.84. The van der Waals surface area contributed by atoms with E-state index >= 15 is 0 Å². The van der Waals surface area contributed by atoms with E-state index in [1.165, 1.54) is 77.5 Å². The maximum atomic E-state index is 2.66. The third-order valence-corrected chi connectivity index (χ3v) is 6.20. The van der Waals surface area contributed by atoms with Crippen molar-refractivity contribution in [3.8, 4) is 0 Å². The van der Waals surface area contributed by atoms with Crippen LogP contribution in [0.25, 0.3) is 0 Å². The van der Waals surface area contributed by atoms with Gasteiger partial charge in [0, 0.05) is 31.5 Å². The van der Waals surface area contributed by atoms with Gasteiger partial charge in [0.25, 0.3) is 0 Å². The summed E-state index contributed by atoms with van der Waals surface area (Å²) in [5, 5.41) is 0. The maximum absolute atomic E-state index is 2.66. The molecule has 0 radical (unpaired) electrons. The Bertz CT molecular complexity index is 342. The second kappa shape index (κ2) is 5.99. The van der Waals surface area contributed by atoms with Gasteiger partial charge in [-0.1, -0.05) is 19.8 Å². The van der Waals surface area contributed by atoms with Crippen molar-refractivity contribution in [3.63, 3.8) is 0 Å². The second-order valence-electron chi connectivity index (χ2n) is 7.40. The molecule has 2 heterocycles. The minimum atomic E-state index is 0.732. The van der Waals surface area contributed by atoms with E-state index in [-0.39, 0.29) is 0 Å². The molecule has 1 saturated heterocycles. The summed E-state index contributed by atoms with van der Waals surface area (Å²) in [4.78, 5) is 5.07. The molecule has 0 aromatic heterocycles. The van der Waals surface area contributed by atoms with E-state index in [4.69, 9.17) is 0 Å². The highest BCUT2D eigenvalue weighted by Gasteiger charge is 2.38. The minimum Gasteiger partial charge on any atom is -0.372 e. The number of nitrogens with zero attached hydrogens (tertiary/aromatic N) is 2. The molecule has 1 aliphatic carbocycles. The number of likely N-dealkylation sites (tertiary alicyclic amines) is 1. The average Bonchev–Trinajstić information content (AvgIpc) is 2.43. The lowest BCUT2D eigenvalue weighted by atomic mass is 9.65. The Morgan fingerprint density at radius 2 is 1.75 bits per heavy atom. The van der Waals surface area contributed by atoms with Gasteiger partial charge in [-0.25, -0.2) is 0 Å². The molecule has 2 fully saturated rings. The van der Waals surface area contributed by atoms with Gasteiger partial charge in [0.15, 0.2) is 0 Å². The number of hydrogen-bond acceptors (Lipinski definition) is 2. The molecule has 0 aromatic rings. The summed E-state index contributed by atoms with van der Waals surface area (Å²) >= 11 is 0. The second-order valence-corrected chi connectivity index (χ2v) is 7.40. The van der Waals surface area contributed by atoms with E-state index in [0.717, 1.165) is 11.3 Å². The van der Waals surface area contributed by atoms with Gasteiger partial charge in [0.05, 0.1) is 6.54 Å². The number of rotatable bonds is 4. The van der Waals surface area contributed by atoms with E-state index in [1.807, 2.05) is 0 Å². The number of piperidine rings is 1. The summed E-state index contributed by atoms with van der Waals surface area (Å²) in [6.45, 7) is 9.59. The van der Waals surface area contributed by atoms with Crippen LogP contribution in [0.15, 0.2) is 11.9 Å². The van der Waals surface area contributed by atoms with Crippen molar-refractivity contribution in [1.29, 1.82) is 0 Å². The summed E-state index contributed by atoms with van der Waals surface area (Å²) < 4.78 is 0. The standard InChI is InChI=1S/C18H32N2/c1-3-5-16-6-8-18(9-7-16)10-12-20(13-11-18)17-14-19(4-2)15-17/h14,16H,3-13,15H2,1-2H3. The van der Waals surface area contributed by atoms with Crippen molar-refractivity contribution < 1.29 is 0 Å². The molecular formula is C18H32N2. The van der Waals surface area contributed by atoms with Crippen LogP contribution in [0.5, 0.6) is 0 Å². The summed E-state index contributed by atoms with van der Waals surface area (Å²) in [7, 11) is 0. The van der Waals surface area contributed by atoms with Gasteiger partial charge in [0.1, 0.15) is 0 Å². The van der Waals surface area contributed by atoms with Crippen LogP contribution >= 0.6 is 0 Å². The first-order valence-electron chi connectivity index (χ1n) is 8.94. The normalized spacial score (nSPS) is 26.6. The first kappa shape index (κ1) is 14.3. The van der Waals surface area contributed by atoms with Crippen molar-refractivity contribution in [1.82, 2.24) is 9.80 Å². The SMILES string of the molecule is CCCC1CCC2(CC1)CCN(C1=CN(CC)C1)CC2. The smallest absolute Gasteiger partial charge is 0.0588 e. The summed E-state index contributed by atoms with van der Waals surface area (Å²) in [6, 6.07) is 0. The van der Waals surface area contributed by atoms with E-state index in [9.17, 15) is 0 Å². The van der Waals surface area contributed by atoms with Crippen molar-refractivity contribution >= 4 is 0 Å². The molecule has 3 rings (SSSR count). The van der Waals surface area contributed by atoms with E-state index in [0.29, 0.717) is 0 Å². The van der Waals surface area contributed by atoms with Gasteiger partial charge in [0.2, 0.25) is 0 Å². The molecule has 2 aliphatic heterocycles. The first-order chi connectivity index (χ1) is 9.74. The Morgan fingerprint density at radius 3 is 2.30 bits per heavy atom. The molecule has 0 aromatic carbocycles. The van der Waals surface area contributed by atoms with Crippen LogP contribution in [0.1, 0.15) is 65.2 Å². The maximum Gasteiger partial charge on any atom is 0.0588 e. The molecule has 114 valence electrons. The summed E-state index contributed by atoms with van der Waals surface area (Å²) in [5.41, 5.74) is 2.33. The van der Waals surface area contributed by atoms with Gasteiger partial charge < -0.3 is 9.80 Å². The lowest BCUT2D eigenvalue weighted by Crippen LogP contribution is -2.46. The monoisotopic (exact) mass is 276 g/mol. The van der Waals surface area contributed by atoms with Crippen LogP contribution in [0.4, 0.5) is 0 Å². The lowest BCUT2D eigenvalue weighted by molar-refractivity contribution is 0.0567. The van der Waals surface area contributed by atoms with Crippen molar-refractivity contribution in [2.24, 2.45) is 11.3 Å². The lowest BCUT2D eigenvalue weighted by Gasteiger charge is -2.49. The van der Waals surface area contributed by atoms with Crippen LogP contribution in [0.2, 0.25) is 0 Å². The molecule has 0 bridgehead atoms. The molecule has 1 saturated carbocycles. The molecular weight excluding hydrogens is 244 g/mol. The summed E-state index contributed by atoms with van der Waals surface area (Å²) in [6.07, 6.45) is 14.2. The van der Waals surface area contributed by atoms with Crippen molar-refractivity contribution in [3.05, 3.63) is 11.9 Å². The highest BCUT2D eigenvalue weighted by atomic mass is 15.3. The van der Waals surface area contributed by atoms with E-state index in [2.05, 4.69) is 29.8 Å². The minimum absolute atomic E-state index is 0.732. The molecule has 20 heavy (non-hydrogen) atoms. The molecule has 2 heteroatoms. The predicted molar refractivity (Wildman–Crippen MR) is 85.4 cm³/mol. The number of likely N-dealkylation sites (N-methyl/N-ethyl adjacent to an activating group) is 1. The van der Waals surface area contributed by atoms with Crippen LogP contribution in [0, 0.1) is 11.3 Å².